The highest BCUT2D eigenvalue weighted by Crippen LogP contribution is 2.25. The summed E-state index contributed by atoms with van der Waals surface area (Å²) in [6.45, 7) is 0. The molecule has 0 fully saturated rings. The van der Waals surface area contributed by atoms with Crippen molar-refractivity contribution in [1.82, 2.24) is 9.55 Å². The first-order valence-corrected chi connectivity index (χ1v) is 8.81. The molecule has 0 aliphatic carbocycles. The maximum absolute atomic E-state index is 13.4. The molecule has 124 valence electrons. The summed E-state index contributed by atoms with van der Waals surface area (Å²) in [5.41, 5.74) is 0.678. The van der Waals surface area contributed by atoms with Gasteiger partial charge in [-0.15, -0.1) is 11.3 Å². The van der Waals surface area contributed by atoms with E-state index in [9.17, 15) is 14.0 Å². The number of halogens is 1. The Morgan fingerprint density at radius 3 is 2.96 bits per heavy atom. The number of rotatable bonds is 4. The number of benzene rings is 1. The first-order chi connectivity index (χ1) is 11.5. The normalized spacial score (nSPS) is 11.0. The molecule has 0 amide bonds. The summed E-state index contributed by atoms with van der Waals surface area (Å²) in [7, 11) is 2.90. The van der Waals surface area contributed by atoms with Crippen LogP contribution >= 0.6 is 23.1 Å². The zero-order valence-electron chi connectivity index (χ0n) is 12.9. The number of methoxy groups -OCH3 is 1. The van der Waals surface area contributed by atoms with Gasteiger partial charge in [-0.25, -0.2) is 14.2 Å². The average molecular weight is 364 g/mol. The van der Waals surface area contributed by atoms with E-state index in [1.54, 1.807) is 13.1 Å². The number of carbonyl (C=O) groups is 1. The first-order valence-electron chi connectivity index (χ1n) is 6.95. The van der Waals surface area contributed by atoms with E-state index < -0.39 is 11.8 Å². The van der Waals surface area contributed by atoms with Gasteiger partial charge in [-0.05, 0) is 29.1 Å². The third kappa shape index (κ3) is 3.07. The second kappa shape index (κ2) is 6.74. The maximum atomic E-state index is 13.4. The summed E-state index contributed by atoms with van der Waals surface area (Å²) in [5, 5.41) is 2.95. The predicted molar refractivity (Wildman–Crippen MR) is 92.2 cm³/mol. The number of thiophene rings is 1. The largest absolute Gasteiger partial charge is 0.465 e. The van der Waals surface area contributed by atoms with Gasteiger partial charge in [0.2, 0.25) is 0 Å². The van der Waals surface area contributed by atoms with Crippen molar-refractivity contribution >= 4 is 39.3 Å². The van der Waals surface area contributed by atoms with Crippen molar-refractivity contribution in [2.24, 2.45) is 7.05 Å². The fourth-order valence-corrected chi connectivity index (χ4v) is 4.01. The Morgan fingerprint density at radius 2 is 2.21 bits per heavy atom. The topological polar surface area (TPSA) is 61.2 Å². The van der Waals surface area contributed by atoms with Crippen LogP contribution in [0.2, 0.25) is 0 Å². The highest BCUT2D eigenvalue weighted by molar-refractivity contribution is 7.98. The smallest absolute Gasteiger partial charge is 0.338 e. The van der Waals surface area contributed by atoms with E-state index in [1.807, 2.05) is 5.38 Å². The molecule has 5 nitrogen and oxygen atoms in total. The summed E-state index contributed by atoms with van der Waals surface area (Å²) in [6.07, 6.45) is 0. The number of ether oxygens (including phenoxy) is 1. The second-order valence-electron chi connectivity index (χ2n) is 4.98. The van der Waals surface area contributed by atoms with Crippen LogP contribution in [0.4, 0.5) is 4.39 Å². The Balaban J connectivity index is 1.93. The predicted octanol–water partition coefficient (Wildman–Crippen LogP) is 3.21. The average Bonchev–Trinajstić information content (AvgIpc) is 3.05. The molecule has 0 unspecified atom stereocenters. The molecule has 8 heteroatoms. The molecular formula is C16H13FN2O3S2. The van der Waals surface area contributed by atoms with Gasteiger partial charge in [-0.3, -0.25) is 9.36 Å². The number of thioether (sulfide) groups is 1. The molecule has 0 N–H and O–H groups in total. The molecule has 24 heavy (non-hydrogen) atoms. The van der Waals surface area contributed by atoms with E-state index in [-0.39, 0.29) is 11.1 Å². The minimum Gasteiger partial charge on any atom is -0.465 e. The van der Waals surface area contributed by atoms with E-state index in [4.69, 9.17) is 4.74 Å². The van der Waals surface area contributed by atoms with E-state index in [0.717, 1.165) is 6.07 Å². The van der Waals surface area contributed by atoms with Crippen LogP contribution in [0.3, 0.4) is 0 Å². The number of fused-ring (bicyclic) bond motifs is 1. The Kier molecular flexibility index (Phi) is 4.68. The Morgan fingerprint density at radius 1 is 1.42 bits per heavy atom. The van der Waals surface area contributed by atoms with Gasteiger partial charge in [-0.1, -0.05) is 17.8 Å². The van der Waals surface area contributed by atoms with E-state index in [2.05, 4.69) is 4.98 Å². The number of esters is 1. The first kappa shape index (κ1) is 16.7. The summed E-state index contributed by atoms with van der Waals surface area (Å²) >= 11 is 2.71. The monoisotopic (exact) mass is 364 g/mol. The summed E-state index contributed by atoms with van der Waals surface area (Å²) in [6, 6.07) is 5.73. The van der Waals surface area contributed by atoms with Crippen LogP contribution in [0.5, 0.6) is 0 Å². The number of nitrogens with zero attached hydrogens (tertiary/aromatic N) is 2. The third-order valence-electron chi connectivity index (χ3n) is 3.50. The molecule has 0 bridgehead atoms. The molecule has 0 spiro atoms. The number of hydrogen-bond acceptors (Lipinski definition) is 6. The lowest BCUT2D eigenvalue weighted by Crippen LogP contribution is -2.19. The highest BCUT2D eigenvalue weighted by Gasteiger charge is 2.15. The number of hydrogen-bond donors (Lipinski definition) is 0. The molecule has 2 aromatic heterocycles. The van der Waals surface area contributed by atoms with Crippen molar-refractivity contribution in [3.8, 4) is 0 Å². The Hall–Kier alpha value is -2.19. The molecule has 0 atom stereocenters. The summed E-state index contributed by atoms with van der Waals surface area (Å²) in [5.74, 6) is -0.739. The molecule has 0 saturated carbocycles. The third-order valence-corrected chi connectivity index (χ3v) is 5.38. The van der Waals surface area contributed by atoms with E-state index >= 15 is 0 Å². The lowest BCUT2D eigenvalue weighted by atomic mass is 10.1. The van der Waals surface area contributed by atoms with Crippen LogP contribution in [0, 0.1) is 5.82 Å². The summed E-state index contributed by atoms with van der Waals surface area (Å²) < 4.78 is 19.6. The van der Waals surface area contributed by atoms with Crippen molar-refractivity contribution in [2.45, 2.75) is 10.9 Å². The van der Waals surface area contributed by atoms with Crippen LogP contribution in [0.25, 0.3) is 10.2 Å². The molecule has 3 aromatic rings. The van der Waals surface area contributed by atoms with Gasteiger partial charge in [-0.2, -0.15) is 0 Å². The fourth-order valence-electron chi connectivity index (χ4n) is 2.23. The fraction of sp³-hybridized carbons (Fsp3) is 0.188. The lowest BCUT2D eigenvalue weighted by molar-refractivity contribution is 0.0599. The Labute approximate surface area is 145 Å². The number of aromatic nitrogens is 2. The lowest BCUT2D eigenvalue weighted by Gasteiger charge is -2.10. The van der Waals surface area contributed by atoms with Gasteiger partial charge in [0.1, 0.15) is 10.6 Å². The quantitative estimate of drug-likeness (QED) is 0.404. The van der Waals surface area contributed by atoms with Gasteiger partial charge in [0, 0.05) is 12.8 Å². The van der Waals surface area contributed by atoms with E-state index in [0.29, 0.717) is 26.7 Å². The zero-order chi connectivity index (χ0) is 17.3. The highest BCUT2D eigenvalue weighted by atomic mass is 32.2. The van der Waals surface area contributed by atoms with Crippen molar-refractivity contribution in [1.29, 1.82) is 0 Å². The minimum atomic E-state index is -0.597. The zero-order valence-corrected chi connectivity index (χ0v) is 14.5. The second-order valence-corrected chi connectivity index (χ2v) is 6.82. The van der Waals surface area contributed by atoms with Gasteiger partial charge in [0.25, 0.3) is 5.56 Å². The van der Waals surface area contributed by atoms with Crippen LogP contribution in [-0.4, -0.2) is 22.6 Å². The van der Waals surface area contributed by atoms with Crippen molar-refractivity contribution in [3.05, 3.63) is 56.9 Å². The molecule has 0 aliphatic heterocycles. The maximum Gasteiger partial charge on any atom is 0.338 e. The van der Waals surface area contributed by atoms with Gasteiger partial charge < -0.3 is 4.74 Å². The van der Waals surface area contributed by atoms with Crippen LogP contribution in [0.1, 0.15) is 15.9 Å². The van der Waals surface area contributed by atoms with Gasteiger partial charge in [0.15, 0.2) is 5.16 Å². The standard InChI is InChI=1S/C16H13FN2O3S2/c1-19-14(20)11-5-6-23-13(11)18-16(19)24-8-9-3-4-10(17)7-12(9)15(21)22-2/h3-7H,8H2,1-2H3. The van der Waals surface area contributed by atoms with Crippen molar-refractivity contribution in [2.75, 3.05) is 7.11 Å². The molecule has 0 radical (unpaired) electrons. The molecule has 0 aliphatic rings. The van der Waals surface area contributed by atoms with Crippen molar-refractivity contribution < 1.29 is 13.9 Å². The molecule has 3 rings (SSSR count). The summed E-state index contributed by atoms with van der Waals surface area (Å²) in [4.78, 5) is 29.2. The Bertz CT molecular complexity index is 981. The molecular weight excluding hydrogens is 351 g/mol. The minimum absolute atomic E-state index is 0.115. The van der Waals surface area contributed by atoms with Crippen molar-refractivity contribution in [3.63, 3.8) is 0 Å². The van der Waals surface area contributed by atoms with Gasteiger partial charge >= 0.3 is 5.97 Å². The number of carbonyl (C=O) groups excluding carboxylic acids is 1. The van der Waals surface area contributed by atoms with E-state index in [1.165, 1.54) is 46.9 Å². The van der Waals surface area contributed by atoms with Gasteiger partial charge in [0.05, 0.1) is 18.1 Å². The molecule has 1 aromatic carbocycles. The molecule has 2 heterocycles. The van der Waals surface area contributed by atoms with Crippen LogP contribution < -0.4 is 5.56 Å². The SMILES string of the molecule is COC(=O)c1cc(F)ccc1CSc1nc2sccc2c(=O)n1C. The van der Waals surface area contributed by atoms with Crippen LogP contribution in [-0.2, 0) is 17.5 Å². The molecule has 0 saturated heterocycles. The van der Waals surface area contributed by atoms with Crippen LogP contribution in [0.15, 0.2) is 39.6 Å².